The van der Waals surface area contributed by atoms with Gasteiger partial charge >= 0.3 is 11.9 Å². The predicted octanol–water partition coefficient (Wildman–Crippen LogP) is 2.21. The van der Waals surface area contributed by atoms with Gasteiger partial charge in [0.05, 0.1) is 0 Å². The highest BCUT2D eigenvalue weighted by Crippen LogP contribution is 2.10. The fourth-order valence-corrected chi connectivity index (χ4v) is 2.00. The Morgan fingerprint density at radius 3 is 2.22 bits per heavy atom. The summed E-state index contributed by atoms with van der Waals surface area (Å²) in [6, 6.07) is -0.673. The highest BCUT2D eigenvalue weighted by atomic mass is 16.4. The lowest BCUT2D eigenvalue weighted by atomic mass is 10.1. The second kappa shape index (κ2) is 9.88. The van der Waals surface area contributed by atoms with E-state index in [1.54, 1.807) is 0 Å². The lowest BCUT2D eigenvalue weighted by Crippen LogP contribution is -2.42. The third kappa shape index (κ3) is 7.27. The Morgan fingerprint density at radius 1 is 1.11 bits per heavy atom. The van der Waals surface area contributed by atoms with Crippen LogP contribution in [0, 0.1) is 0 Å². The summed E-state index contributed by atoms with van der Waals surface area (Å²) in [7, 11) is 0. The Hall–Kier alpha value is -1.10. The van der Waals surface area contributed by atoms with E-state index in [1.165, 1.54) is 0 Å². The van der Waals surface area contributed by atoms with Crippen molar-refractivity contribution in [1.82, 2.24) is 4.90 Å². The summed E-state index contributed by atoms with van der Waals surface area (Å²) in [5, 5.41) is 17.8. The average Bonchev–Trinajstić information content (AvgIpc) is 2.31. The van der Waals surface area contributed by atoms with Gasteiger partial charge in [0.2, 0.25) is 0 Å². The highest BCUT2D eigenvalue weighted by Gasteiger charge is 2.24. The molecule has 2 N–H and O–H groups in total. The summed E-state index contributed by atoms with van der Waals surface area (Å²) in [4.78, 5) is 23.6. The van der Waals surface area contributed by atoms with Crippen LogP contribution in [0.4, 0.5) is 0 Å². The van der Waals surface area contributed by atoms with E-state index in [0.29, 0.717) is 6.54 Å². The highest BCUT2D eigenvalue weighted by molar-refractivity contribution is 5.75. The Kier molecular flexibility index (Phi) is 9.28. The normalized spacial score (nSPS) is 12.6. The SMILES string of the molecule is CCCCCCN(CC)[C@@H](CCC(=O)O)C(=O)O. The van der Waals surface area contributed by atoms with Crippen molar-refractivity contribution in [3.05, 3.63) is 0 Å². The fraction of sp³-hybridized carbons (Fsp3) is 0.846. The van der Waals surface area contributed by atoms with E-state index in [4.69, 9.17) is 10.2 Å². The summed E-state index contributed by atoms with van der Waals surface area (Å²) in [6.07, 6.45) is 4.45. The fourth-order valence-electron chi connectivity index (χ4n) is 2.00. The molecule has 0 amide bonds. The first-order valence-corrected chi connectivity index (χ1v) is 6.71. The molecule has 0 aliphatic carbocycles. The van der Waals surface area contributed by atoms with E-state index < -0.39 is 18.0 Å². The predicted molar refractivity (Wildman–Crippen MR) is 69.7 cm³/mol. The van der Waals surface area contributed by atoms with Crippen LogP contribution in [0.25, 0.3) is 0 Å². The molecule has 0 fully saturated rings. The van der Waals surface area contributed by atoms with Gasteiger partial charge in [-0.15, -0.1) is 0 Å². The molecule has 18 heavy (non-hydrogen) atoms. The average molecular weight is 259 g/mol. The first-order chi connectivity index (χ1) is 8.52. The Labute approximate surface area is 109 Å². The lowest BCUT2D eigenvalue weighted by Gasteiger charge is -2.27. The van der Waals surface area contributed by atoms with Crippen molar-refractivity contribution in [3.63, 3.8) is 0 Å². The monoisotopic (exact) mass is 259 g/mol. The standard InChI is InChI=1S/C13H25NO4/c1-3-5-6-7-10-14(4-2)11(13(17)18)8-9-12(15)16/h11H,3-10H2,1-2H3,(H,15,16)(H,17,18)/t11-/m0/s1. The molecule has 0 aromatic heterocycles. The molecule has 0 aromatic carbocycles. The number of aliphatic carboxylic acids is 2. The van der Waals surface area contributed by atoms with Crippen molar-refractivity contribution in [2.75, 3.05) is 13.1 Å². The molecule has 106 valence electrons. The number of carbonyl (C=O) groups is 2. The molecule has 0 saturated heterocycles. The molecular weight excluding hydrogens is 234 g/mol. The number of carboxylic acids is 2. The molecule has 5 heteroatoms. The van der Waals surface area contributed by atoms with Gasteiger partial charge in [0.25, 0.3) is 0 Å². The van der Waals surface area contributed by atoms with Crippen LogP contribution in [-0.4, -0.2) is 46.2 Å². The van der Waals surface area contributed by atoms with Crippen LogP contribution >= 0.6 is 0 Å². The smallest absolute Gasteiger partial charge is 0.320 e. The van der Waals surface area contributed by atoms with Gasteiger partial charge in [-0.2, -0.15) is 0 Å². The Bertz CT molecular complexity index is 255. The zero-order valence-corrected chi connectivity index (χ0v) is 11.4. The minimum Gasteiger partial charge on any atom is -0.481 e. The Balaban J connectivity index is 4.24. The molecule has 0 spiro atoms. The van der Waals surface area contributed by atoms with Crippen molar-refractivity contribution in [2.24, 2.45) is 0 Å². The first kappa shape index (κ1) is 16.9. The van der Waals surface area contributed by atoms with Gasteiger partial charge in [-0.1, -0.05) is 33.1 Å². The molecule has 0 rings (SSSR count). The van der Waals surface area contributed by atoms with Crippen molar-refractivity contribution < 1.29 is 19.8 Å². The third-order valence-electron chi connectivity index (χ3n) is 3.06. The van der Waals surface area contributed by atoms with Crippen LogP contribution in [-0.2, 0) is 9.59 Å². The maximum atomic E-state index is 11.2. The van der Waals surface area contributed by atoms with Gasteiger partial charge in [0.15, 0.2) is 0 Å². The molecular formula is C13H25NO4. The second-order valence-electron chi connectivity index (χ2n) is 4.48. The number of nitrogens with zero attached hydrogens (tertiary/aromatic N) is 1. The van der Waals surface area contributed by atoms with Crippen LogP contribution in [0.15, 0.2) is 0 Å². The number of hydrogen-bond donors (Lipinski definition) is 2. The van der Waals surface area contributed by atoms with E-state index in [9.17, 15) is 9.59 Å². The largest absolute Gasteiger partial charge is 0.481 e. The minimum absolute atomic E-state index is 0.0948. The van der Waals surface area contributed by atoms with Gasteiger partial charge in [0, 0.05) is 6.42 Å². The van der Waals surface area contributed by atoms with E-state index >= 15 is 0 Å². The Morgan fingerprint density at radius 2 is 1.78 bits per heavy atom. The van der Waals surface area contributed by atoms with Crippen LogP contribution in [0.3, 0.4) is 0 Å². The summed E-state index contributed by atoms with van der Waals surface area (Å²) < 4.78 is 0. The number of likely N-dealkylation sites (N-methyl/N-ethyl adjacent to an activating group) is 1. The molecule has 0 saturated carbocycles. The minimum atomic E-state index is -0.941. The second-order valence-corrected chi connectivity index (χ2v) is 4.48. The van der Waals surface area contributed by atoms with Crippen molar-refractivity contribution in [1.29, 1.82) is 0 Å². The molecule has 0 heterocycles. The molecule has 0 aliphatic rings. The lowest BCUT2D eigenvalue weighted by molar-refractivity contribution is -0.144. The zero-order chi connectivity index (χ0) is 14.0. The summed E-state index contributed by atoms with van der Waals surface area (Å²) in [5.41, 5.74) is 0. The maximum absolute atomic E-state index is 11.2. The summed E-state index contributed by atoms with van der Waals surface area (Å²) in [5.74, 6) is -1.86. The van der Waals surface area contributed by atoms with Crippen molar-refractivity contribution in [3.8, 4) is 0 Å². The van der Waals surface area contributed by atoms with Crippen LogP contribution in [0.5, 0.6) is 0 Å². The summed E-state index contributed by atoms with van der Waals surface area (Å²) in [6.45, 7) is 5.41. The van der Waals surface area contributed by atoms with Gasteiger partial charge in [-0.3, -0.25) is 14.5 Å². The van der Waals surface area contributed by atoms with E-state index in [1.807, 2.05) is 11.8 Å². The van der Waals surface area contributed by atoms with E-state index in [2.05, 4.69) is 6.92 Å². The zero-order valence-electron chi connectivity index (χ0n) is 11.4. The van der Waals surface area contributed by atoms with Crippen molar-refractivity contribution in [2.45, 2.75) is 58.4 Å². The summed E-state index contributed by atoms with van der Waals surface area (Å²) >= 11 is 0. The molecule has 5 nitrogen and oxygen atoms in total. The van der Waals surface area contributed by atoms with Crippen LogP contribution in [0.2, 0.25) is 0 Å². The van der Waals surface area contributed by atoms with Crippen LogP contribution < -0.4 is 0 Å². The van der Waals surface area contributed by atoms with Gasteiger partial charge < -0.3 is 10.2 Å². The number of unbranched alkanes of at least 4 members (excludes halogenated alkanes) is 3. The van der Waals surface area contributed by atoms with Gasteiger partial charge in [-0.25, -0.2) is 0 Å². The number of rotatable bonds is 11. The van der Waals surface area contributed by atoms with Crippen molar-refractivity contribution >= 4 is 11.9 Å². The van der Waals surface area contributed by atoms with Gasteiger partial charge in [-0.05, 0) is 25.9 Å². The topological polar surface area (TPSA) is 77.8 Å². The van der Waals surface area contributed by atoms with E-state index in [-0.39, 0.29) is 12.8 Å². The number of carboxylic acid groups (broad SMARTS) is 2. The maximum Gasteiger partial charge on any atom is 0.320 e. The third-order valence-corrected chi connectivity index (χ3v) is 3.06. The van der Waals surface area contributed by atoms with Crippen LogP contribution in [0.1, 0.15) is 52.4 Å². The van der Waals surface area contributed by atoms with Gasteiger partial charge in [0.1, 0.15) is 6.04 Å². The molecule has 0 unspecified atom stereocenters. The number of hydrogen-bond acceptors (Lipinski definition) is 3. The quantitative estimate of drug-likeness (QED) is 0.556. The van der Waals surface area contributed by atoms with E-state index in [0.717, 1.165) is 32.2 Å². The molecule has 0 radical (unpaired) electrons. The molecule has 0 aromatic rings. The molecule has 1 atom stereocenters. The molecule has 0 aliphatic heterocycles. The molecule has 0 bridgehead atoms. The first-order valence-electron chi connectivity index (χ1n) is 6.71.